The number of rotatable bonds is 7. The van der Waals surface area contributed by atoms with E-state index in [-0.39, 0.29) is 34.9 Å². The van der Waals surface area contributed by atoms with Crippen LogP contribution in [0.25, 0.3) is 0 Å². The van der Waals surface area contributed by atoms with Gasteiger partial charge in [-0.25, -0.2) is 4.79 Å². The van der Waals surface area contributed by atoms with Crippen LogP contribution in [0, 0.1) is 11.8 Å². The molecule has 2 saturated heterocycles. The van der Waals surface area contributed by atoms with E-state index in [1.165, 1.54) is 14.7 Å². The van der Waals surface area contributed by atoms with E-state index in [1.807, 2.05) is 14.0 Å². The van der Waals surface area contributed by atoms with Gasteiger partial charge in [-0.1, -0.05) is 6.92 Å². The van der Waals surface area contributed by atoms with Crippen molar-refractivity contribution < 1.29 is 19.8 Å². The van der Waals surface area contributed by atoms with E-state index in [0.717, 1.165) is 24.4 Å². The Bertz CT molecular complexity index is 853. The van der Waals surface area contributed by atoms with E-state index in [2.05, 4.69) is 22.8 Å². The summed E-state index contributed by atoms with van der Waals surface area (Å²) in [6, 6.07) is 4.34. The van der Waals surface area contributed by atoms with Crippen molar-refractivity contribution in [2.24, 2.45) is 11.8 Å². The molecule has 29 heavy (non-hydrogen) atoms. The summed E-state index contributed by atoms with van der Waals surface area (Å²) in [6.07, 6.45) is 0.153. The predicted octanol–water partition coefficient (Wildman–Crippen LogP) is 1.76. The van der Waals surface area contributed by atoms with E-state index in [0.29, 0.717) is 0 Å². The van der Waals surface area contributed by atoms with Crippen molar-refractivity contribution >= 4 is 35.0 Å². The quantitative estimate of drug-likeness (QED) is 0.482. The van der Waals surface area contributed by atoms with Gasteiger partial charge in [-0.2, -0.15) is 0 Å². The van der Waals surface area contributed by atoms with Crippen molar-refractivity contribution in [1.82, 2.24) is 15.5 Å². The summed E-state index contributed by atoms with van der Waals surface area (Å²) < 4.78 is 0. The monoisotopic (exact) mass is 437 g/mol. The Morgan fingerprint density at radius 3 is 2.90 bits per heavy atom. The van der Waals surface area contributed by atoms with Gasteiger partial charge in [0.2, 0.25) is 5.91 Å². The number of thioether (sulfide) groups is 1. The molecule has 0 radical (unpaired) electrons. The van der Waals surface area contributed by atoms with Crippen molar-refractivity contribution in [3.8, 4) is 0 Å². The van der Waals surface area contributed by atoms with Gasteiger partial charge in [-0.15, -0.1) is 23.1 Å². The molecule has 4 N–H and O–H groups in total. The van der Waals surface area contributed by atoms with Gasteiger partial charge in [0, 0.05) is 45.0 Å². The highest BCUT2D eigenvalue weighted by molar-refractivity contribution is 8.03. The van der Waals surface area contributed by atoms with Crippen molar-refractivity contribution in [1.29, 1.82) is 0 Å². The molecular formula is C20H27N3O4S2. The van der Waals surface area contributed by atoms with Crippen LogP contribution in [0.15, 0.2) is 22.7 Å². The second kappa shape index (κ2) is 8.03. The number of β-lactam (4-membered cyclic amide) rings is 1. The molecule has 7 nitrogen and oxygen atoms in total. The molecule has 0 saturated carbocycles. The summed E-state index contributed by atoms with van der Waals surface area (Å²) in [5, 5.41) is 26.7. The Balaban J connectivity index is 1.48. The number of fused-ring (bicyclic) bond motifs is 1. The Labute approximate surface area is 178 Å². The molecule has 1 aromatic rings. The van der Waals surface area contributed by atoms with Crippen molar-refractivity contribution in [3.63, 3.8) is 0 Å². The standard InChI is InChI=1S/C20H27N3O4S2/c1-9-16-15(10(2)24)19(25)23(16)17(20(26)27)18(9)29-12-6-13(22-8-12)14-5-4-11(28-14)7-21-3/h4-5,9-10,12-13,15-16,21-22,24H,6-8H2,1-3H3,(H,26,27)/t9-,10-,12+,13+,15-,16-/m1/s1. The summed E-state index contributed by atoms with van der Waals surface area (Å²) in [6.45, 7) is 5.24. The molecule has 1 aromatic heterocycles. The molecule has 9 heteroatoms. The first kappa shape index (κ1) is 20.9. The minimum Gasteiger partial charge on any atom is -0.477 e. The highest BCUT2D eigenvalue weighted by Crippen LogP contribution is 2.52. The summed E-state index contributed by atoms with van der Waals surface area (Å²) in [4.78, 5) is 29.2. The van der Waals surface area contributed by atoms with Crippen LogP contribution in [0.1, 0.15) is 36.1 Å². The van der Waals surface area contributed by atoms with Gasteiger partial charge in [0.25, 0.3) is 0 Å². The Morgan fingerprint density at radius 2 is 2.24 bits per heavy atom. The molecule has 0 bridgehead atoms. The Hall–Kier alpha value is -1.39. The lowest BCUT2D eigenvalue weighted by molar-refractivity contribution is -0.163. The zero-order valence-electron chi connectivity index (χ0n) is 16.7. The lowest BCUT2D eigenvalue weighted by Crippen LogP contribution is -2.63. The van der Waals surface area contributed by atoms with E-state index < -0.39 is 18.0 Å². The van der Waals surface area contributed by atoms with E-state index >= 15 is 0 Å². The van der Waals surface area contributed by atoms with Gasteiger partial charge in [0.1, 0.15) is 5.70 Å². The second-order valence-corrected chi connectivity index (χ2v) is 10.6. The molecule has 2 fully saturated rings. The average Bonchev–Trinajstić information content (AvgIpc) is 3.34. The average molecular weight is 438 g/mol. The zero-order chi connectivity index (χ0) is 20.9. The molecule has 0 unspecified atom stereocenters. The van der Waals surface area contributed by atoms with Gasteiger partial charge in [0.15, 0.2) is 0 Å². The predicted molar refractivity (Wildman–Crippen MR) is 113 cm³/mol. The van der Waals surface area contributed by atoms with Crippen LogP contribution in [0.4, 0.5) is 0 Å². The molecule has 0 aromatic carbocycles. The number of carboxylic acids is 1. The number of aliphatic carboxylic acids is 1. The molecule has 4 rings (SSSR count). The van der Waals surface area contributed by atoms with Crippen LogP contribution >= 0.6 is 23.1 Å². The van der Waals surface area contributed by atoms with Gasteiger partial charge >= 0.3 is 5.97 Å². The fourth-order valence-electron chi connectivity index (χ4n) is 4.72. The molecule has 3 aliphatic heterocycles. The Morgan fingerprint density at radius 1 is 1.48 bits per heavy atom. The third-order valence-corrected chi connectivity index (χ3v) is 8.78. The third kappa shape index (κ3) is 3.53. The number of thiophene rings is 1. The second-order valence-electron chi connectivity index (χ2n) is 8.04. The topological polar surface area (TPSA) is 102 Å². The molecular weight excluding hydrogens is 410 g/mol. The highest BCUT2D eigenvalue weighted by Gasteiger charge is 2.60. The minimum atomic E-state index is -1.06. The maximum atomic E-state index is 12.5. The number of carboxylic acid groups (broad SMARTS) is 1. The van der Waals surface area contributed by atoms with Crippen molar-refractivity contribution in [3.05, 3.63) is 32.5 Å². The molecule has 3 aliphatic rings. The Kier molecular flexibility index (Phi) is 5.78. The van der Waals surface area contributed by atoms with E-state index in [9.17, 15) is 19.8 Å². The van der Waals surface area contributed by atoms with Crippen LogP contribution in [-0.2, 0) is 16.1 Å². The number of aliphatic hydroxyl groups excluding tert-OH is 1. The third-order valence-electron chi connectivity index (χ3n) is 6.07. The largest absolute Gasteiger partial charge is 0.477 e. The maximum absolute atomic E-state index is 12.5. The van der Waals surface area contributed by atoms with Crippen LogP contribution in [0.5, 0.6) is 0 Å². The smallest absolute Gasteiger partial charge is 0.353 e. The first-order valence-corrected chi connectivity index (χ1v) is 11.6. The SMILES string of the molecule is CNCc1ccc([C@@H]2C[C@H](SC3=C(C(=O)O)N4C(=O)[C@H]([C@@H](C)O)[C@H]4[C@H]3C)CN2)s1. The molecule has 0 spiro atoms. The number of amides is 1. The number of hydrogen-bond donors (Lipinski definition) is 4. The van der Waals surface area contributed by atoms with Crippen LogP contribution in [0.3, 0.4) is 0 Å². The first-order chi connectivity index (χ1) is 13.8. The molecule has 0 aliphatic carbocycles. The summed E-state index contributed by atoms with van der Waals surface area (Å²) in [7, 11) is 1.94. The number of carbonyl (C=O) groups is 2. The van der Waals surface area contributed by atoms with Crippen LogP contribution in [-0.4, -0.2) is 58.0 Å². The van der Waals surface area contributed by atoms with Crippen molar-refractivity contribution in [2.75, 3.05) is 13.6 Å². The molecule has 1 amide bonds. The number of nitrogens with zero attached hydrogens (tertiary/aromatic N) is 1. The van der Waals surface area contributed by atoms with Crippen molar-refractivity contribution in [2.45, 2.75) is 50.3 Å². The number of carbonyl (C=O) groups excluding carboxylic acids is 1. The van der Waals surface area contributed by atoms with Gasteiger partial charge in [0.05, 0.1) is 18.1 Å². The van der Waals surface area contributed by atoms with Gasteiger partial charge in [-0.3, -0.25) is 4.79 Å². The van der Waals surface area contributed by atoms with E-state index in [1.54, 1.807) is 30.0 Å². The highest BCUT2D eigenvalue weighted by atomic mass is 32.2. The first-order valence-electron chi connectivity index (χ1n) is 9.95. The summed E-state index contributed by atoms with van der Waals surface area (Å²) in [5.41, 5.74) is 0.116. The van der Waals surface area contributed by atoms with Crippen LogP contribution in [0.2, 0.25) is 0 Å². The molecule has 158 valence electrons. The number of hydrogen-bond acceptors (Lipinski definition) is 7. The fourth-order valence-corrected chi connectivity index (χ4v) is 7.31. The zero-order valence-corrected chi connectivity index (χ0v) is 18.3. The van der Waals surface area contributed by atoms with Gasteiger partial charge < -0.3 is 25.7 Å². The number of nitrogens with one attached hydrogen (secondary N) is 2. The minimum absolute atomic E-state index is 0.0774. The maximum Gasteiger partial charge on any atom is 0.353 e. The van der Waals surface area contributed by atoms with Gasteiger partial charge in [-0.05, 0) is 32.5 Å². The summed E-state index contributed by atoms with van der Waals surface area (Å²) in [5.74, 6) is -1.92. The fraction of sp³-hybridized carbons (Fsp3) is 0.600. The lowest BCUT2D eigenvalue weighted by atomic mass is 9.79. The molecule has 6 atom stereocenters. The normalized spacial score (nSPS) is 32.5. The molecule has 4 heterocycles. The van der Waals surface area contributed by atoms with E-state index in [4.69, 9.17) is 0 Å². The van der Waals surface area contributed by atoms with Crippen LogP contribution < -0.4 is 10.6 Å². The summed E-state index contributed by atoms with van der Waals surface area (Å²) >= 11 is 3.39. The number of aliphatic hydroxyl groups is 1. The lowest BCUT2D eigenvalue weighted by Gasteiger charge is -2.46.